The SMILES string of the molecule is CN(C)C(=O)C1(CNC(=O)c2coc3ccc(F)cc23)CCCC1. The second-order valence-corrected chi connectivity index (χ2v) is 6.66. The van der Waals surface area contributed by atoms with E-state index in [0.29, 0.717) is 11.0 Å². The van der Waals surface area contributed by atoms with Gasteiger partial charge in [-0.25, -0.2) is 4.39 Å². The molecule has 24 heavy (non-hydrogen) atoms. The van der Waals surface area contributed by atoms with Gasteiger partial charge in [0.1, 0.15) is 17.7 Å². The standard InChI is InChI=1S/C18H21FN2O3/c1-21(2)17(23)18(7-3-4-8-18)11-20-16(22)14-10-24-15-6-5-12(19)9-13(14)15/h5-6,9-10H,3-4,7-8,11H2,1-2H3,(H,20,22). The first-order chi connectivity index (χ1) is 11.4. The summed E-state index contributed by atoms with van der Waals surface area (Å²) >= 11 is 0. The minimum atomic E-state index is -0.538. The minimum absolute atomic E-state index is 0.0448. The van der Waals surface area contributed by atoms with Crippen LogP contribution in [0.25, 0.3) is 11.0 Å². The van der Waals surface area contributed by atoms with Crippen molar-refractivity contribution in [3.05, 3.63) is 35.8 Å². The molecule has 128 valence electrons. The van der Waals surface area contributed by atoms with Gasteiger partial charge in [0, 0.05) is 26.0 Å². The molecule has 1 aliphatic carbocycles. The number of hydrogen-bond donors (Lipinski definition) is 1. The van der Waals surface area contributed by atoms with Crippen LogP contribution in [-0.2, 0) is 4.79 Å². The number of carbonyl (C=O) groups is 2. The lowest BCUT2D eigenvalue weighted by Crippen LogP contribution is -2.46. The first-order valence-electron chi connectivity index (χ1n) is 8.10. The molecule has 1 saturated carbocycles. The fraction of sp³-hybridized carbons (Fsp3) is 0.444. The van der Waals surface area contributed by atoms with Crippen molar-refractivity contribution >= 4 is 22.8 Å². The highest BCUT2D eigenvalue weighted by molar-refractivity contribution is 6.06. The molecule has 0 radical (unpaired) electrons. The van der Waals surface area contributed by atoms with Crippen LogP contribution in [0.1, 0.15) is 36.0 Å². The Morgan fingerprint density at radius 2 is 2.00 bits per heavy atom. The Hall–Kier alpha value is -2.37. The van der Waals surface area contributed by atoms with E-state index in [1.54, 1.807) is 19.0 Å². The van der Waals surface area contributed by atoms with E-state index in [-0.39, 0.29) is 23.9 Å². The maximum absolute atomic E-state index is 13.4. The van der Waals surface area contributed by atoms with Crippen LogP contribution in [0.2, 0.25) is 0 Å². The third kappa shape index (κ3) is 2.88. The van der Waals surface area contributed by atoms with Gasteiger partial charge in [-0.3, -0.25) is 9.59 Å². The van der Waals surface area contributed by atoms with Crippen molar-refractivity contribution in [3.8, 4) is 0 Å². The van der Waals surface area contributed by atoms with Gasteiger partial charge in [0.2, 0.25) is 5.91 Å². The monoisotopic (exact) mass is 332 g/mol. The van der Waals surface area contributed by atoms with E-state index >= 15 is 0 Å². The quantitative estimate of drug-likeness (QED) is 0.936. The van der Waals surface area contributed by atoms with Gasteiger partial charge in [-0.05, 0) is 31.0 Å². The summed E-state index contributed by atoms with van der Waals surface area (Å²) in [6.45, 7) is 0.283. The number of benzene rings is 1. The predicted octanol–water partition coefficient (Wildman–Crippen LogP) is 2.95. The summed E-state index contributed by atoms with van der Waals surface area (Å²) in [5.74, 6) is -0.728. The van der Waals surface area contributed by atoms with Crippen molar-refractivity contribution in [2.45, 2.75) is 25.7 Å². The van der Waals surface area contributed by atoms with Gasteiger partial charge in [-0.1, -0.05) is 12.8 Å². The molecule has 0 saturated heterocycles. The molecule has 1 heterocycles. The maximum atomic E-state index is 13.4. The molecular weight excluding hydrogens is 311 g/mol. The molecule has 2 aromatic rings. The van der Waals surface area contributed by atoms with Crippen molar-refractivity contribution in [1.29, 1.82) is 0 Å². The van der Waals surface area contributed by atoms with E-state index in [9.17, 15) is 14.0 Å². The molecule has 0 unspecified atom stereocenters. The minimum Gasteiger partial charge on any atom is -0.463 e. The van der Waals surface area contributed by atoms with Gasteiger partial charge < -0.3 is 14.6 Å². The molecule has 0 spiro atoms. The molecule has 0 bridgehead atoms. The smallest absolute Gasteiger partial charge is 0.255 e. The largest absolute Gasteiger partial charge is 0.463 e. The molecular formula is C18H21FN2O3. The topological polar surface area (TPSA) is 62.6 Å². The summed E-state index contributed by atoms with van der Waals surface area (Å²) < 4.78 is 18.7. The second-order valence-electron chi connectivity index (χ2n) is 6.66. The number of carbonyl (C=O) groups excluding carboxylic acids is 2. The van der Waals surface area contributed by atoms with Gasteiger partial charge in [0.15, 0.2) is 0 Å². The zero-order valence-corrected chi connectivity index (χ0v) is 13.9. The summed E-state index contributed by atoms with van der Waals surface area (Å²) in [5.41, 5.74) is 0.209. The molecule has 1 N–H and O–H groups in total. The molecule has 6 heteroatoms. The third-order valence-corrected chi connectivity index (χ3v) is 4.79. The second kappa shape index (κ2) is 6.26. The van der Waals surface area contributed by atoms with Crippen LogP contribution < -0.4 is 5.32 Å². The number of halogens is 1. The number of fused-ring (bicyclic) bond motifs is 1. The number of hydrogen-bond acceptors (Lipinski definition) is 3. The third-order valence-electron chi connectivity index (χ3n) is 4.79. The zero-order chi connectivity index (χ0) is 17.3. The van der Waals surface area contributed by atoms with Gasteiger partial charge in [-0.15, -0.1) is 0 Å². The van der Waals surface area contributed by atoms with Gasteiger partial charge in [0.05, 0.1) is 11.0 Å². The average molecular weight is 332 g/mol. The van der Waals surface area contributed by atoms with E-state index < -0.39 is 11.2 Å². The molecule has 3 rings (SSSR count). The van der Waals surface area contributed by atoms with Crippen LogP contribution in [0, 0.1) is 11.2 Å². The van der Waals surface area contributed by atoms with Crippen LogP contribution in [0.4, 0.5) is 4.39 Å². The van der Waals surface area contributed by atoms with Gasteiger partial charge >= 0.3 is 0 Å². The van der Waals surface area contributed by atoms with Crippen molar-refractivity contribution in [3.63, 3.8) is 0 Å². The molecule has 5 nitrogen and oxygen atoms in total. The highest BCUT2D eigenvalue weighted by Crippen LogP contribution is 2.39. The van der Waals surface area contributed by atoms with Crippen molar-refractivity contribution in [2.75, 3.05) is 20.6 Å². The highest BCUT2D eigenvalue weighted by atomic mass is 19.1. The average Bonchev–Trinajstić information content (AvgIpc) is 3.19. The Morgan fingerprint density at radius 3 is 2.67 bits per heavy atom. The number of furan rings is 1. The maximum Gasteiger partial charge on any atom is 0.255 e. The molecule has 0 aliphatic heterocycles. The summed E-state index contributed by atoms with van der Waals surface area (Å²) in [6, 6.07) is 4.07. The Morgan fingerprint density at radius 1 is 1.29 bits per heavy atom. The van der Waals surface area contributed by atoms with E-state index in [2.05, 4.69) is 5.32 Å². The summed E-state index contributed by atoms with van der Waals surface area (Å²) in [5, 5.41) is 3.28. The lowest BCUT2D eigenvalue weighted by Gasteiger charge is -2.30. The molecule has 2 amide bonds. The normalized spacial score (nSPS) is 16.3. The summed E-state index contributed by atoms with van der Waals surface area (Å²) in [6.07, 6.45) is 4.83. The van der Waals surface area contributed by atoms with E-state index in [1.807, 2.05) is 0 Å². The molecule has 1 aromatic heterocycles. The Labute approximate surface area is 139 Å². The molecule has 0 atom stereocenters. The zero-order valence-electron chi connectivity index (χ0n) is 13.9. The Balaban J connectivity index is 1.78. The lowest BCUT2D eigenvalue weighted by atomic mass is 9.84. The first kappa shape index (κ1) is 16.5. The van der Waals surface area contributed by atoms with E-state index in [1.165, 1.54) is 24.5 Å². The summed E-state index contributed by atoms with van der Waals surface area (Å²) in [7, 11) is 3.47. The molecule has 1 aliphatic rings. The van der Waals surface area contributed by atoms with Crippen LogP contribution in [0.5, 0.6) is 0 Å². The lowest BCUT2D eigenvalue weighted by molar-refractivity contribution is -0.138. The number of amides is 2. The van der Waals surface area contributed by atoms with Crippen molar-refractivity contribution in [1.82, 2.24) is 10.2 Å². The van der Waals surface area contributed by atoms with Crippen molar-refractivity contribution < 1.29 is 18.4 Å². The first-order valence-corrected chi connectivity index (χ1v) is 8.10. The molecule has 1 fully saturated rings. The van der Waals surface area contributed by atoms with Gasteiger partial charge in [0.25, 0.3) is 5.91 Å². The Bertz CT molecular complexity index is 776. The van der Waals surface area contributed by atoms with Crippen LogP contribution in [0.15, 0.2) is 28.9 Å². The number of nitrogens with one attached hydrogen (secondary N) is 1. The predicted molar refractivity (Wildman–Crippen MR) is 88.1 cm³/mol. The van der Waals surface area contributed by atoms with E-state index in [0.717, 1.165) is 25.7 Å². The van der Waals surface area contributed by atoms with E-state index in [4.69, 9.17) is 4.42 Å². The fourth-order valence-electron chi connectivity index (χ4n) is 3.51. The number of rotatable bonds is 4. The fourth-order valence-corrected chi connectivity index (χ4v) is 3.51. The van der Waals surface area contributed by atoms with Crippen LogP contribution in [0.3, 0.4) is 0 Å². The molecule has 1 aromatic carbocycles. The Kier molecular flexibility index (Phi) is 4.30. The van der Waals surface area contributed by atoms with Crippen LogP contribution >= 0.6 is 0 Å². The summed E-state index contributed by atoms with van der Waals surface area (Å²) in [4.78, 5) is 26.6. The van der Waals surface area contributed by atoms with Crippen LogP contribution in [-0.4, -0.2) is 37.4 Å². The number of nitrogens with zero attached hydrogens (tertiary/aromatic N) is 1. The van der Waals surface area contributed by atoms with Crippen molar-refractivity contribution in [2.24, 2.45) is 5.41 Å². The highest BCUT2D eigenvalue weighted by Gasteiger charge is 2.42. The van der Waals surface area contributed by atoms with Gasteiger partial charge in [-0.2, -0.15) is 0 Å².